The Hall–Kier alpha value is -2.42. The van der Waals surface area contributed by atoms with E-state index < -0.39 is 31.5 Å². The van der Waals surface area contributed by atoms with Gasteiger partial charge in [0.2, 0.25) is 5.91 Å². The topological polar surface area (TPSA) is 47.4 Å². The van der Waals surface area contributed by atoms with Gasteiger partial charge in [-0.25, -0.2) is 13.5 Å². The van der Waals surface area contributed by atoms with Crippen LogP contribution in [-0.4, -0.2) is 53.2 Å². The molecule has 1 aromatic carbocycles. The van der Waals surface area contributed by atoms with Gasteiger partial charge in [-0.3, -0.25) is 4.79 Å². The summed E-state index contributed by atoms with van der Waals surface area (Å²) in [7, 11) is 1.46. The van der Waals surface area contributed by atoms with Crippen molar-refractivity contribution in [3.05, 3.63) is 47.8 Å². The van der Waals surface area contributed by atoms with Gasteiger partial charge in [0.25, 0.3) is 0 Å². The van der Waals surface area contributed by atoms with E-state index >= 15 is 0 Å². The molecule has 1 heterocycles. The van der Waals surface area contributed by atoms with Gasteiger partial charge in [0.05, 0.1) is 11.9 Å². The number of aryl methyl sites for hydroxylation is 1. The number of benzene rings is 1. The van der Waals surface area contributed by atoms with Gasteiger partial charge in [-0.05, 0) is 24.6 Å². The van der Waals surface area contributed by atoms with E-state index in [1.165, 1.54) is 11.9 Å². The molecule has 9 heteroatoms. The van der Waals surface area contributed by atoms with Crippen molar-refractivity contribution in [2.24, 2.45) is 0 Å². The normalized spacial score (nSPS) is 11.8. The minimum Gasteiger partial charge on any atom is -0.365 e. The van der Waals surface area contributed by atoms with Gasteiger partial charge in [0.15, 0.2) is 0 Å². The maximum absolute atomic E-state index is 12.7. The lowest BCUT2D eigenvalue weighted by atomic mass is 10.2. The summed E-state index contributed by atoms with van der Waals surface area (Å²) in [5.74, 6) is -4.87. The predicted octanol–water partition coefficient (Wildman–Crippen LogP) is 3.06. The molecule has 26 heavy (non-hydrogen) atoms. The van der Waals surface area contributed by atoms with Crippen LogP contribution in [0.2, 0.25) is 0 Å². The summed E-state index contributed by atoms with van der Waals surface area (Å²) in [6.45, 7) is -0.0719. The molecule has 0 unspecified atom stereocenters. The van der Waals surface area contributed by atoms with Crippen LogP contribution in [0.3, 0.4) is 0 Å². The molecule has 0 saturated heterocycles. The number of likely N-dealkylation sites (N-methyl/N-ethyl adjacent to an activating group) is 1. The highest BCUT2D eigenvalue weighted by molar-refractivity contribution is 5.77. The zero-order valence-electron chi connectivity index (χ0n) is 14.3. The lowest BCUT2D eigenvalue weighted by Crippen LogP contribution is -2.35. The third-order valence-corrected chi connectivity index (χ3v) is 3.59. The van der Waals surface area contributed by atoms with E-state index in [4.69, 9.17) is 0 Å². The number of ether oxygens (including phenoxy) is 1. The summed E-state index contributed by atoms with van der Waals surface area (Å²) in [5, 5.41) is 4.22. The fourth-order valence-corrected chi connectivity index (χ4v) is 2.16. The van der Waals surface area contributed by atoms with Gasteiger partial charge < -0.3 is 9.64 Å². The second kappa shape index (κ2) is 8.31. The molecular formula is C17H19F4N3O2. The molecule has 1 amide bonds. The number of nitrogens with zero attached hydrogens (tertiary/aromatic N) is 3. The maximum atomic E-state index is 12.7. The van der Waals surface area contributed by atoms with Crippen LogP contribution < -0.4 is 0 Å². The third kappa shape index (κ3) is 5.29. The smallest absolute Gasteiger partial charge is 0.330 e. The zero-order chi connectivity index (χ0) is 19.3. The van der Waals surface area contributed by atoms with Crippen LogP contribution in [0.1, 0.15) is 11.1 Å². The van der Waals surface area contributed by atoms with Crippen LogP contribution in [0, 0.1) is 6.92 Å². The first kappa shape index (κ1) is 19.9. The summed E-state index contributed by atoms with van der Waals surface area (Å²) in [5.41, 5.74) is 2.66. The lowest BCUT2D eigenvalue weighted by Gasteiger charge is -2.18. The summed E-state index contributed by atoms with van der Waals surface area (Å²) in [4.78, 5) is 13.1. The fourth-order valence-electron chi connectivity index (χ4n) is 2.16. The highest BCUT2D eigenvalue weighted by atomic mass is 19.3. The molecule has 0 aliphatic rings. The summed E-state index contributed by atoms with van der Waals surface area (Å²) in [6.07, 6.45) is -0.509. The van der Waals surface area contributed by atoms with Gasteiger partial charge in [-0.2, -0.15) is 13.9 Å². The second-order valence-electron chi connectivity index (χ2n) is 5.94. The first-order chi connectivity index (χ1) is 12.2. The summed E-state index contributed by atoms with van der Waals surface area (Å²) >= 11 is 0. The number of halogens is 4. The van der Waals surface area contributed by atoms with Crippen LogP contribution in [0.25, 0.3) is 5.69 Å². The van der Waals surface area contributed by atoms with E-state index in [-0.39, 0.29) is 6.54 Å². The molecule has 0 fully saturated rings. The van der Waals surface area contributed by atoms with Crippen LogP contribution >= 0.6 is 0 Å². The van der Waals surface area contributed by atoms with Gasteiger partial charge in [0.1, 0.15) is 13.2 Å². The molecule has 5 nitrogen and oxygen atoms in total. The van der Waals surface area contributed by atoms with Crippen molar-refractivity contribution in [2.45, 2.75) is 25.8 Å². The Morgan fingerprint density at radius 1 is 1.38 bits per heavy atom. The molecule has 2 aromatic rings. The molecule has 0 aliphatic carbocycles. The van der Waals surface area contributed by atoms with Crippen molar-refractivity contribution in [1.29, 1.82) is 0 Å². The summed E-state index contributed by atoms with van der Waals surface area (Å²) < 4.78 is 55.6. The standard InChI is InChI=1S/C17H19F4N3O2/c1-12-4-3-5-14(6-12)24-9-13(7-22-24)8-23(2)15(25)10-26-11-17(20,21)16(18)19/h3-7,9,16H,8,10-11H2,1-2H3. The summed E-state index contributed by atoms with van der Waals surface area (Å²) in [6, 6.07) is 7.68. The molecule has 0 atom stereocenters. The average Bonchev–Trinajstić information content (AvgIpc) is 3.03. The van der Waals surface area contributed by atoms with Crippen molar-refractivity contribution in [2.75, 3.05) is 20.3 Å². The second-order valence-corrected chi connectivity index (χ2v) is 5.94. The fraction of sp³-hybridized carbons (Fsp3) is 0.412. The molecule has 0 N–H and O–H groups in total. The number of amides is 1. The number of carbonyl (C=O) groups is 1. The van der Waals surface area contributed by atoms with E-state index in [1.807, 2.05) is 31.2 Å². The van der Waals surface area contributed by atoms with Crippen molar-refractivity contribution < 1.29 is 27.1 Å². The Kier molecular flexibility index (Phi) is 6.36. The first-order valence-electron chi connectivity index (χ1n) is 7.77. The largest absolute Gasteiger partial charge is 0.365 e. The van der Waals surface area contributed by atoms with Gasteiger partial charge in [-0.1, -0.05) is 12.1 Å². The molecule has 0 spiro atoms. The molecule has 142 valence electrons. The Labute approximate surface area is 148 Å². The Bertz CT molecular complexity index is 749. The molecule has 0 radical (unpaired) electrons. The molecule has 0 bridgehead atoms. The van der Waals surface area contributed by atoms with Crippen molar-refractivity contribution in [3.8, 4) is 5.69 Å². The SMILES string of the molecule is Cc1cccc(-n2cc(CN(C)C(=O)COCC(F)(F)C(F)F)cn2)c1. The Morgan fingerprint density at radius 2 is 2.12 bits per heavy atom. The maximum Gasteiger partial charge on any atom is 0.330 e. The van der Waals surface area contributed by atoms with E-state index in [9.17, 15) is 22.4 Å². The molecule has 0 saturated carbocycles. The van der Waals surface area contributed by atoms with Gasteiger partial charge in [-0.15, -0.1) is 0 Å². The van der Waals surface area contributed by atoms with Crippen LogP contribution in [0.15, 0.2) is 36.7 Å². The Balaban J connectivity index is 1.87. The van der Waals surface area contributed by atoms with Gasteiger partial charge in [0, 0.05) is 25.4 Å². The predicted molar refractivity (Wildman–Crippen MR) is 86.5 cm³/mol. The minimum absolute atomic E-state index is 0.180. The van der Waals surface area contributed by atoms with Crippen LogP contribution in [0.4, 0.5) is 17.6 Å². The lowest BCUT2D eigenvalue weighted by molar-refractivity contribution is -0.170. The van der Waals surface area contributed by atoms with E-state index in [0.717, 1.165) is 16.8 Å². The number of alkyl halides is 4. The minimum atomic E-state index is -4.27. The first-order valence-corrected chi connectivity index (χ1v) is 7.77. The molecule has 2 rings (SSSR count). The van der Waals surface area contributed by atoms with Crippen LogP contribution in [-0.2, 0) is 16.1 Å². The van der Waals surface area contributed by atoms with Crippen molar-refractivity contribution >= 4 is 5.91 Å². The zero-order valence-corrected chi connectivity index (χ0v) is 14.3. The number of rotatable bonds is 8. The van der Waals surface area contributed by atoms with E-state index in [0.29, 0.717) is 0 Å². The highest BCUT2D eigenvalue weighted by Gasteiger charge is 2.41. The number of hydrogen-bond acceptors (Lipinski definition) is 3. The third-order valence-electron chi connectivity index (χ3n) is 3.59. The number of hydrogen-bond donors (Lipinski definition) is 0. The molecular weight excluding hydrogens is 354 g/mol. The van der Waals surface area contributed by atoms with Gasteiger partial charge >= 0.3 is 12.3 Å². The van der Waals surface area contributed by atoms with Crippen molar-refractivity contribution in [1.82, 2.24) is 14.7 Å². The van der Waals surface area contributed by atoms with E-state index in [1.54, 1.807) is 17.1 Å². The van der Waals surface area contributed by atoms with Crippen molar-refractivity contribution in [3.63, 3.8) is 0 Å². The molecule has 0 aliphatic heterocycles. The highest BCUT2D eigenvalue weighted by Crippen LogP contribution is 2.22. The monoisotopic (exact) mass is 373 g/mol. The quantitative estimate of drug-likeness (QED) is 0.669. The van der Waals surface area contributed by atoms with E-state index in [2.05, 4.69) is 9.84 Å². The molecule has 1 aromatic heterocycles. The number of carbonyl (C=O) groups excluding carboxylic acids is 1. The number of aromatic nitrogens is 2. The average molecular weight is 373 g/mol. The van der Waals surface area contributed by atoms with Crippen LogP contribution in [0.5, 0.6) is 0 Å². The Morgan fingerprint density at radius 3 is 2.77 bits per heavy atom.